The Morgan fingerprint density at radius 2 is 1.71 bits per heavy atom. The van der Waals surface area contributed by atoms with Gasteiger partial charge in [0.1, 0.15) is 11.5 Å². The minimum absolute atomic E-state index is 0.173. The summed E-state index contributed by atoms with van der Waals surface area (Å²) in [7, 11) is 1.55. The van der Waals surface area contributed by atoms with Crippen LogP contribution in [0.2, 0.25) is 10.0 Å². The average molecular weight is 411 g/mol. The number of carbonyl (C=O) groups is 1. The van der Waals surface area contributed by atoms with Crippen LogP contribution < -0.4 is 9.64 Å². The van der Waals surface area contributed by atoms with Gasteiger partial charge in [0.25, 0.3) is 5.91 Å². The molecule has 0 saturated carbocycles. The third-order valence-corrected chi connectivity index (χ3v) is 5.22. The summed E-state index contributed by atoms with van der Waals surface area (Å²) in [6.07, 6.45) is 0. The monoisotopic (exact) mass is 410 g/mol. The Bertz CT molecular complexity index is 1100. The van der Waals surface area contributed by atoms with E-state index in [0.29, 0.717) is 33.7 Å². The average Bonchev–Trinajstić information content (AvgIpc) is 2.96. The molecule has 1 heterocycles. The van der Waals surface area contributed by atoms with E-state index in [1.807, 2.05) is 48.5 Å². The number of hydrogen-bond acceptors (Lipinski definition) is 3. The highest BCUT2D eigenvalue weighted by Gasteiger charge is 2.34. The fraction of sp³-hybridized carbons (Fsp3) is 0.0909. The van der Waals surface area contributed by atoms with Gasteiger partial charge in [-0.2, -0.15) is 0 Å². The van der Waals surface area contributed by atoms with Crippen molar-refractivity contribution in [3.8, 4) is 5.75 Å². The molecular weight excluding hydrogens is 395 g/mol. The van der Waals surface area contributed by atoms with Gasteiger partial charge in [-0.15, -0.1) is 0 Å². The van der Waals surface area contributed by atoms with E-state index in [9.17, 15) is 4.79 Å². The number of rotatable bonds is 4. The smallest absolute Gasteiger partial charge is 0.277 e. The molecule has 0 spiro atoms. The lowest BCUT2D eigenvalue weighted by Crippen LogP contribution is -2.29. The summed E-state index contributed by atoms with van der Waals surface area (Å²) in [6.45, 7) is 0.373. The summed E-state index contributed by atoms with van der Waals surface area (Å²) >= 11 is 12.5. The highest BCUT2D eigenvalue weighted by molar-refractivity contribution is 6.54. The summed E-state index contributed by atoms with van der Waals surface area (Å²) < 4.78 is 5.17. The van der Waals surface area contributed by atoms with Crippen LogP contribution >= 0.6 is 23.2 Å². The van der Waals surface area contributed by atoms with E-state index in [0.717, 1.165) is 16.8 Å². The van der Waals surface area contributed by atoms with Crippen molar-refractivity contribution in [2.75, 3.05) is 12.0 Å². The molecule has 6 heteroatoms. The number of anilines is 1. The predicted octanol–water partition coefficient (Wildman–Crippen LogP) is 5.67. The Morgan fingerprint density at radius 3 is 2.46 bits per heavy atom. The second-order valence-corrected chi connectivity index (χ2v) is 7.09. The van der Waals surface area contributed by atoms with Crippen LogP contribution in [0.4, 0.5) is 11.4 Å². The van der Waals surface area contributed by atoms with Gasteiger partial charge in [0.2, 0.25) is 0 Å². The molecule has 4 rings (SSSR count). The van der Waals surface area contributed by atoms with Gasteiger partial charge in [-0.3, -0.25) is 4.79 Å². The first-order valence-electron chi connectivity index (χ1n) is 8.65. The first kappa shape index (κ1) is 18.5. The van der Waals surface area contributed by atoms with Crippen LogP contribution in [0, 0.1) is 0 Å². The first-order valence-corrected chi connectivity index (χ1v) is 9.41. The van der Waals surface area contributed by atoms with Crippen LogP contribution in [-0.4, -0.2) is 18.7 Å². The summed E-state index contributed by atoms with van der Waals surface area (Å²) in [5.74, 6) is 0.386. The van der Waals surface area contributed by atoms with Crippen LogP contribution in [0.15, 0.2) is 71.7 Å². The number of para-hydroxylation sites is 1. The Labute approximate surface area is 173 Å². The summed E-state index contributed by atoms with van der Waals surface area (Å²) in [5.41, 5.74) is 3.44. The van der Waals surface area contributed by atoms with Crippen molar-refractivity contribution in [3.63, 3.8) is 0 Å². The van der Waals surface area contributed by atoms with Gasteiger partial charge >= 0.3 is 0 Å². The summed E-state index contributed by atoms with van der Waals surface area (Å²) in [6, 6.07) is 20.3. The normalized spacial score (nSPS) is 14.5. The molecule has 0 saturated heterocycles. The second-order valence-electron chi connectivity index (χ2n) is 6.28. The molecule has 140 valence electrons. The van der Waals surface area contributed by atoms with E-state index in [1.54, 1.807) is 30.2 Å². The number of benzene rings is 3. The van der Waals surface area contributed by atoms with E-state index in [2.05, 4.69) is 4.99 Å². The number of aliphatic imine (C=N–C) groups is 1. The molecule has 0 radical (unpaired) electrons. The van der Waals surface area contributed by atoms with E-state index in [-0.39, 0.29) is 5.91 Å². The lowest BCUT2D eigenvalue weighted by atomic mass is 10.1. The number of carbonyl (C=O) groups excluding carboxylic acids is 1. The van der Waals surface area contributed by atoms with Crippen molar-refractivity contribution in [1.29, 1.82) is 0 Å². The lowest BCUT2D eigenvalue weighted by Gasteiger charge is -2.17. The van der Waals surface area contributed by atoms with Crippen LogP contribution in [0.1, 0.15) is 11.1 Å². The standard InChI is InChI=1S/C22H16Cl2N2O2/c1-28-20-11-10-15(12-18(20)24)25-21-16-7-3-5-9-19(16)26(22(21)27)13-14-6-2-4-8-17(14)23/h2-12H,13H2,1H3. The summed E-state index contributed by atoms with van der Waals surface area (Å²) in [5, 5.41) is 1.07. The molecule has 0 fully saturated rings. The maximum atomic E-state index is 13.2. The van der Waals surface area contributed by atoms with Crippen LogP contribution in [-0.2, 0) is 11.3 Å². The number of amides is 1. The largest absolute Gasteiger partial charge is 0.495 e. The van der Waals surface area contributed by atoms with Crippen molar-refractivity contribution < 1.29 is 9.53 Å². The number of fused-ring (bicyclic) bond motifs is 1. The van der Waals surface area contributed by atoms with Gasteiger partial charge in [-0.1, -0.05) is 59.6 Å². The quantitative estimate of drug-likeness (QED) is 0.555. The van der Waals surface area contributed by atoms with E-state index in [4.69, 9.17) is 27.9 Å². The zero-order valence-electron chi connectivity index (χ0n) is 15.0. The predicted molar refractivity (Wildman–Crippen MR) is 113 cm³/mol. The maximum Gasteiger partial charge on any atom is 0.277 e. The molecule has 1 aliphatic heterocycles. The van der Waals surface area contributed by atoms with Gasteiger partial charge in [0.05, 0.1) is 30.1 Å². The molecule has 3 aromatic carbocycles. The topological polar surface area (TPSA) is 41.9 Å². The van der Waals surface area contributed by atoms with Crippen LogP contribution in [0.3, 0.4) is 0 Å². The minimum atomic E-state index is -0.173. The van der Waals surface area contributed by atoms with Gasteiger partial charge < -0.3 is 9.64 Å². The molecule has 0 unspecified atom stereocenters. The van der Waals surface area contributed by atoms with Gasteiger partial charge in [-0.25, -0.2) is 4.99 Å². The molecule has 0 bridgehead atoms. The molecule has 1 amide bonds. The fourth-order valence-electron chi connectivity index (χ4n) is 3.18. The molecule has 28 heavy (non-hydrogen) atoms. The highest BCUT2D eigenvalue weighted by atomic mass is 35.5. The molecule has 4 nitrogen and oxygen atoms in total. The van der Waals surface area contributed by atoms with E-state index >= 15 is 0 Å². The van der Waals surface area contributed by atoms with Gasteiger partial charge in [0, 0.05) is 10.6 Å². The second kappa shape index (κ2) is 7.66. The maximum absolute atomic E-state index is 13.2. The van der Waals surface area contributed by atoms with Crippen molar-refractivity contribution in [2.24, 2.45) is 4.99 Å². The van der Waals surface area contributed by atoms with Crippen molar-refractivity contribution >= 4 is 46.2 Å². The zero-order chi connectivity index (χ0) is 19.7. The molecule has 1 aliphatic rings. The molecule has 3 aromatic rings. The highest BCUT2D eigenvalue weighted by Crippen LogP contribution is 2.34. The van der Waals surface area contributed by atoms with Crippen LogP contribution in [0.25, 0.3) is 0 Å². The Morgan fingerprint density at radius 1 is 0.964 bits per heavy atom. The van der Waals surface area contributed by atoms with Crippen molar-refractivity contribution in [3.05, 3.63) is 87.9 Å². The Balaban J connectivity index is 1.75. The SMILES string of the molecule is COc1ccc(N=C2C(=O)N(Cc3ccccc3Cl)c3ccccc32)cc1Cl. The first-order chi connectivity index (χ1) is 13.6. The zero-order valence-corrected chi connectivity index (χ0v) is 16.5. The van der Waals surface area contributed by atoms with Crippen molar-refractivity contribution in [2.45, 2.75) is 6.54 Å². The van der Waals surface area contributed by atoms with Gasteiger partial charge in [-0.05, 0) is 35.9 Å². The van der Waals surface area contributed by atoms with E-state index in [1.165, 1.54) is 0 Å². The molecule has 0 N–H and O–H groups in total. The third kappa shape index (κ3) is 3.37. The minimum Gasteiger partial charge on any atom is -0.495 e. The lowest BCUT2D eigenvalue weighted by molar-refractivity contribution is -0.112. The number of nitrogens with zero attached hydrogens (tertiary/aromatic N) is 2. The molecule has 0 aromatic heterocycles. The number of ether oxygens (including phenoxy) is 1. The number of halogens is 2. The number of methoxy groups -OCH3 is 1. The van der Waals surface area contributed by atoms with Crippen molar-refractivity contribution in [1.82, 2.24) is 0 Å². The Kier molecular flexibility index (Phi) is 5.07. The third-order valence-electron chi connectivity index (χ3n) is 4.56. The number of hydrogen-bond donors (Lipinski definition) is 0. The summed E-state index contributed by atoms with van der Waals surface area (Å²) in [4.78, 5) is 19.5. The van der Waals surface area contributed by atoms with E-state index < -0.39 is 0 Å². The molecule has 0 atom stereocenters. The Hall–Kier alpha value is -2.82. The van der Waals surface area contributed by atoms with Gasteiger partial charge in [0.15, 0.2) is 0 Å². The molecular formula is C22H16Cl2N2O2. The van der Waals surface area contributed by atoms with Crippen LogP contribution in [0.5, 0.6) is 5.75 Å². The fourth-order valence-corrected chi connectivity index (χ4v) is 3.63. The molecule has 0 aliphatic carbocycles.